The summed E-state index contributed by atoms with van der Waals surface area (Å²) < 4.78 is 5.28. The van der Waals surface area contributed by atoms with E-state index in [0.29, 0.717) is 5.92 Å². The van der Waals surface area contributed by atoms with Gasteiger partial charge in [0.15, 0.2) is 0 Å². The third-order valence-corrected chi connectivity index (χ3v) is 4.45. The summed E-state index contributed by atoms with van der Waals surface area (Å²) in [6.07, 6.45) is 1.29. The summed E-state index contributed by atoms with van der Waals surface area (Å²) >= 11 is 0. The molecule has 19 heavy (non-hydrogen) atoms. The SMILES string of the molecule is COCC1CCN(CC2CNCc3ccccc32)C1. The van der Waals surface area contributed by atoms with Crippen LogP contribution in [0.2, 0.25) is 0 Å². The zero-order valence-electron chi connectivity index (χ0n) is 11.8. The summed E-state index contributed by atoms with van der Waals surface area (Å²) in [4.78, 5) is 2.61. The van der Waals surface area contributed by atoms with E-state index in [2.05, 4.69) is 34.5 Å². The fourth-order valence-corrected chi connectivity index (χ4v) is 3.51. The first-order valence-electron chi connectivity index (χ1n) is 7.36. The number of hydrogen-bond donors (Lipinski definition) is 1. The Balaban J connectivity index is 1.62. The van der Waals surface area contributed by atoms with Gasteiger partial charge in [0.25, 0.3) is 0 Å². The van der Waals surface area contributed by atoms with Crippen LogP contribution in [0.5, 0.6) is 0 Å². The van der Waals surface area contributed by atoms with E-state index in [-0.39, 0.29) is 0 Å². The standard InChI is InChI=1S/C16H24N2O/c1-19-12-13-6-7-18(10-13)11-15-9-17-8-14-4-2-3-5-16(14)15/h2-5,13,15,17H,6-12H2,1H3. The van der Waals surface area contributed by atoms with Gasteiger partial charge in [-0.1, -0.05) is 24.3 Å². The van der Waals surface area contributed by atoms with Crippen LogP contribution in [0, 0.1) is 5.92 Å². The van der Waals surface area contributed by atoms with E-state index in [0.717, 1.165) is 25.6 Å². The molecule has 2 unspecified atom stereocenters. The van der Waals surface area contributed by atoms with E-state index in [1.807, 2.05) is 7.11 Å². The average Bonchev–Trinajstić information content (AvgIpc) is 2.87. The van der Waals surface area contributed by atoms with E-state index in [1.54, 1.807) is 5.56 Å². The summed E-state index contributed by atoms with van der Waals surface area (Å²) in [5.74, 6) is 1.38. The molecule has 104 valence electrons. The quantitative estimate of drug-likeness (QED) is 0.894. The molecule has 0 aromatic heterocycles. The van der Waals surface area contributed by atoms with Crippen molar-refractivity contribution in [2.45, 2.75) is 18.9 Å². The number of fused-ring (bicyclic) bond motifs is 1. The Labute approximate surface area is 115 Å². The molecule has 3 rings (SSSR count). The lowest BCUT2D eigenvalue weighted by molar-refractivity contribution is 0.152. The van der Waals surface area contributed by atoms with Gasteiger partial charge in [0.1, 0.15) is 0 Å². The normalized spacial score (nSPS) is 27.4. The molecule has 2 atom stereocenters. The van der Waals surface area contributed by atoms with Crippen molar-refractivity contribution in [2.75, 3.05) is 39.9 Å². The van der Waals surface area contributed by atoms with Gasteiger partial charge in [-0.2, -0.15) is 0 Å². The Kier molecular flexibility index (Phi) is 4.16. The Morgan fingerprint density at radius 1 is 1.37 bits per heavy atom. The topological polar surface area (TPSA) is 24.5 Å². The van der Waals surface area contributed by atoms with Crippen molar-refractivity contribution >= 4 is 0 Å². The van der Waals surface area contributed by atoms with Gasteiger partial charge in [0.2, 0.25) is 0 Å². The molecular formula is C16H24N2O. The third-order valence-electron chi connectivity index (χ3n) is 4.45. The summed E-state index contributed by atoms with van der Waals surface area (Å²) in [7, 11) is 1.81. The minimum Gasteiger partial charge on any atom is -0.384 e. The number of rotatable bonds is 4. The Hall–Kier alpha value is -0.900. The van der Waals surface area contributed by atoms with Crippen molar-refractivity contribution in [2.24, 2.45) is 5.92 Å². The summed E-state index contributed by atoms with van der Waals surface area (Å²) in [6, 6.07) is 8.89. The molecule has 0 saturated carbocycles. The molecule has 0 radical (unpaired) electrons. The molecular weight excluding hydrogens is 236 g/mol. The number of nitrogens with one attached hydrogen (secondary N) is 1. The molecule has 0 bridgehead atoms. The van der Waals surface area contributed by atoms with E-state index in [9.17, 15) is 0 Å². The monoisotopic (exact) mass is 260 g/mol. The van der Waals surface area contributed by atoms with Crippen LogP contribution in [-0.4, -0.2) is 44.8 Å². The second-order valence-electron chi connectivity index (χ2n) is 5.90. The first-order valence-corrected chi connectivity index (χ1v) is 7.36. The molecule has 3 nitrogen and oxygen atoms in total. The van der Waals surface area contributed by atoms with Crippen LogP contribution in [-0.2, 0) is 11.3 Å². The highest BCUT2D eigenvalue weighted by Gasteiger charge is 2.27. The smallest absolute Gasteiger partial charge is 0.0503 e. The van der Waals surface area contributed by atoms with Crippen LogP contribution in [0.3, 0.4) is 0 Å². The van der Waals surface area contributed by atoms with E-state index in [1.165, 1.54) is 31.6 Å². The van der Waals surface area contributed by atoms with Crippen LogP contribution in [0.4, 0.5) is 0 Å². The molecule has 1 N–H and O–H groups in total. The molecule has 2 aliphatic heterocycles. The summed E-state index contributed by atoms with van der Waals surface area (Å²) in [5.41, 5.74) is 3.03. The van der Waals surface area contributed by atoms with Crippen LogP contribution in [0.25, 0.3) is 0 Å². The maximum atomic E-state index is 5.28. The van der Waals surface area contributed by atoms with Gasteiger partial charge in [0.05, 0.1) is 6.61 Å². The molecule has 1 aromatic carbocycles. The van der Waals surface area contributed by atoms with Gasteiger partial charge in [0, 0.05) is 39.2 Å². The number of nitrogens with zero attached hydrogens (tertiary/aromatic N) is 1. The minimum absolute atomic E-state index is 0.645. The fourth-order valence-electron chi connectivity index (χ4n) is 3.51. The van der Waals surface area contributed by atoms with Crippen LogP contribution in [0.1, 0.15) is 23.5 Å². The fraction of sp³-hybridized carbons (Fsp3) is 0.625. The zero-order valence-corrected chi connectivity index (χ0v) is 11.8. The Bertz CT molecular complexity index is 421. The van der Waals surface area contributed by atoms with Gasteiger partial charge in [-0.3, -0.25) is 0 Å². The van der Waals surface area contributed by atoms with E-state index >= 15 is 0 Å². The molecule has 0 aliphatic carbocycles. The maximum absolute atomic E-state index is 5.28. The van der Waals surface area contributed by atoms with Gasteiger partial charge in [-0.05, 0) is 30.0 Å². The minimum atomic E-state index is 0.645. The number of benzene rings is 1. The lowest BCUT2D eigenvalue weighted by atomic mass is 9.90. The number of likely N-dealkylation sites (tertiary alicyclic amines) is 1. The van der Waals surface area contributed by atoms with Gasteiger partial charge >= 0.3 is 0 Å². The second kappa shape index (κ2) is 6.04. The molecule has 2 heterocycles. The van der Waals surface area contributed by atoms with Gasteiger partial charge in [-0.15, -0.1) is 0 Å². The Morgan fingerprint density at radius 2 is 2.26 bits per heavy atom. The molecule has 1 saturated heterocycles. The summed E-state index contributed by atoms with van der Waals surface area (Å²) in [5, 5.41) is 3.55. The lowest BCUT2D eigenvalue weighted by Gasteiger charge is -2.30. The number of methoxy groups -OCH3 is 1. The van der Waals surface area contributed by atoms with Crippen molar-refractivity contribution in [1.29, 1.82) is 0 Å². The maximum Gasteiger partial charge on any atom is 0.0503 e. The van der Waals surface area contributed by atoms with Crippen molar-refractivity contribution in [1.82, 2.24) is 10.2 Å². The van der Waals surface area contributed by atoms with E-state index in [4.69, 9.17) is 4.74 Å². The van der Waals surface area contributed by atoms with E-state index < -0.39 is 0 Å². The van der Waals surface area contributed by atoms with Crippen molar-refractivity contribution < 1.29 is 4.74 Å². The second-order valence-corrected chi connectivity index (χ2v) is 5.90. The predicted octanol–water partition coefficient (Wildman–Crippen LogP) is 1.84. The van der Waals surface area contributed by atoms with Crippen molar-refractivity contribution in [3.05, 3.63) is 35.4 Å². The lowest BCUT2D eigenvalue weighted by Crippen LogP contribution is -2.36. The first-order chi connectivity index (χ1) is 9.36. The average molecular weight is 260 g/mol. The van der Waals surface area contributed by atoms with Crippen LogP contribution < -0.4 is 5.32 Å². The highest BCUT2D eigenvalue weighted by molar-refractivity contribution is 5.32. The van der Waals surface area contributed by atoms with Crippen LogP contribution >= 0.6 is 0 Å². The molecule has 3 heteroatoms. The highest BCUT2D eigenvalue weighted by Crippen LogP contribution is 2.26. The summed E-state index contributed by atoms with van der Waals surface area (Å²) in [6.45, 7) is 6.67. The third kappa shape index (κ3) is 2.99. The molecule has 1 aromatic rings. The molecule has 2 aliphatic rings. The van der Waals surface area contributed by atoms with Gasteiger partial charge in [-0.25, -0.2) is 0 Å². The van der Waals surface area contributed by atoms with Crippen molar-refractivity contribution in [3.8, 4) is 0 Å². The predicted molar refractivity (Wildman–Crippen MR) is 77.3 cm³/mol. The Morgan fingerprint density at radius 3 is 3.16 bits per heavy atom. The first kappa shape index (κ1) is 13.1. The van der Waals surface area contributed by atoms with Crippen LogP contribution in [0.15, 0.2) is 24.3 Å². The number of ether oxygens (including phenoxy) is 1. The molecule has 0 amide bonds. The number of hydrogen-bond acceptors (Lipinski definition) is 3. The molecule has 0 spiro atoms. The largest absolute Gasteiger partial charge is 0.384 e. The highest BCUT2D eigenvalue weighted by atomic mass is 16.5. The zero-order chi connectivity index (χ0) is 13.1. The molecule has 1 fully saturated rings. The van der Waals surface area contributed by atoms with Crippen molar-refractivity contribution in [3.63, 3.8) is 0 Å². The van der Waals surface area contributed by atoms with Gasteiger partial charge < -0.3 is 15.0 Å².